The minimum atomic E-state index is -1.51. The van der Waals surface area contributed by atoms with Crippen molar-refractivity contribution >= 4 is 0 Å². The van der Waals surface area contributed by atoms with Gasteiger partial charge in [-0.2, -0.15) is 0 Å². The molecule has 4 fully saturated rings. The number of aliphatic hydroxyl groups excluding tert-OH is 6. The van der Waals surface area contributed by atoms with E-state index in [0.717, 1.165) is 0 Å². The maximum atomic E-state index is 11.1. The molecule has 1 aliphatic carbocycles. The van der Waals surface area contributed by atoms with Crippen molar-refractivity contribution in [2.24, 2.45) is 34.4 Å². The Morgan fingerprint density at radius 2 is 1.05 bits per heavy atom. The number of nitrogens with two attached hydrogens (primary N) is 6. The van der Waals surface area contributed by atoms with E-state index in [-0.39, 0.29) is 52.2 Å². The maximum absolute atomic E-state index is 11.1. The minimum Gasteiger partial charge on any atom is -0.697 e. The molecule has 19 atom stereocenters. The molecular weight excluding hydrogens is 665 g/mol. The van der Waals surface area contributed by atoms with Gasteiger partial charge in [-0.1, -0.05) is 0 Å². The quantitative estimate of drug-likeness (QED) is 0.0821. The summed E-state index contributed by atoms with van der Waals surface area (Å²) in [6.45, 7) is 3.55. The molecule has 0 aromatic carbocycles. The molecule has 19 heteroatoms. The van der Waals surface area contributed by atoms with Gasteiger partial charge in [-0.15, -0.1) is 0 Å². The Hall–Kier alpha value is -0.0561. The van der Waals surface area contributed by atoms with E-state index in [4.69, 9.17) is 69.2 Å². The van der Waals surface area contributed by atoms with Gasteiger partial charge in [0.05, 0.1) is 24.3 Å². The average Bonchev–Trinajstić information content (AvgIpc) is 3.25. The Balaban J connectivity index is 0.00000220. The summed E-state index contributed by atoms with van der Waals surface area (Å²) in [6, 6.07) is -4.04. The molecule has 0 spiro atoms. The van der Waals surface area contributed by atoms with Gasteiger partial charge in [-0.25, -0.2) is 0 Å². The second-order valence-corrected chi connectivity index (χ2v) is 11.1. The van der Waals surface area contributed by atoms with Crippen LogP contribution in [0.15, 0.2) is 0 Å². The van der Waals surface area contributed by atoms with E-state index in [0.29, 0.717) is 0 Å². The Kier molecular flexibility index (Phi) is 15.8. The summed E-state index contributed by atoms with van der Waals surface area (Å²) in [6.07, 6.45) is -9.88. The Morgan fingerprint density at radius 1 is 0.614 bits per heavy atom. The molecule has 1 saturated carbocycles. The van der Waals surface area contributed by atoms with Crippen LogP contribution in [-0.2, 0) is 61.1 Å². The van der Waals surface area contributed by atoms with Crippen LogP contribution in [0.2, 0.25) is 0 Å². The molecular formula is C25H46N6O12Y-2. The van der Waals surface area contributed by atoms with Gasteiger partial charge in [0.15, 0.2) is 18.9 Å². The van der Waals surface area contributed by atoms with Gasteiger partial charge in [0.25, 0.3) is 0 Å². The van der Waals surface area contributed by atoms with Crippen molar-refractivity contribution in [3.63, 3.8) is 0 Å². The number of hydrogen-bond donors (Lipinski definition) is 12. The van der Waals surface area contributed by atoms with Crippen LogP contribution < -0.4 is 34.4 Å². The van der Waals surface area contributed by atoms with Crippen LogP contribution in [0.5, 0.6) is 0 Å². The molecule has 18 nitrogen and oxygen atoms in total. The molecule has 1 radical (unpaired) electrons. The summed E-state index contributed by atoms with van der Waals surface area (Å²) in [4.78, 5) is 0. The molecule has 0 aromatic heterocycles. The normalized spacial score (nSPS) is 51.1. The molecule has 0 amide bonds. The molecule has 0 bridgehead atoms. The van der Waals surface area contributed by atoms with Crippen molar-refractivity contribution in [3.05, 3.63) is 13.3 Å². The van der Waals surface area contributed by atoms with Crippen molar-refractivity contribution in [2.45, 2.75) is 123 Å². The third-order valence-corrected chi connectivity index (χ3v) is 8.19. The van der Waals surface area contributed by atoms with Gasteiger partial charge in [-0.3, -0.25) is 0 Å². The minimum absolute atomic E-state index is 0. The van der Waals surface area contributed by atoms with Crippen molar-refractivity contribution < 1.29 is 91.8 Å². The molecule has 8 unspecified atom stereocenters. The van der Waals surface area contributed by atoms with Gasteiger partial charge in [0.1, 0.15) is 54.9 Å². The van der Waals surface area contributed by atoms with Crippen LogP contribution in [0.4, 0.5) is 0 Å². The molecule has 3 aliphatic heterocycles. The number of terminal acetylenes is 1. The zero-order chi connectivity index (χ0) is 32.3. The van der Waals surface area contributed by atoms with E-state index in [2.05, 4.69) is 13.3 Å². The largest absolute Gasteiger partial charge is 0.697 e. The van der Waals surface area contributed by atoms with E-state index in [1.54, 1.807) is 0 Å². The monoisotopic (exact) mass is 711 g/mol. The molecule has 3 saturated heterocycles. The fraction of sp³-hybridized carbons (Fsp3) is 0.880. The zero-order valence-electron chi connectivity index (χ0n) is 24.0. The first kappa shape index (κ1) is 40.1. The molecule has 0 aromatic rings. The van der Waals surface area contributed by atoms with Gasteiger partial charge in [0, 0.05) is 57.9 Å². The van der Waals surface area contributed by atoms with Crippen LogP contribution in [-0.4, -0.2) is 160 Å². The van der Waals surface area contributed by atoms with Crippen molar-refractivity contribution in [2.75, 3.05) is 13.1 Å². The Labute approximate surface area is 280 Å². The SMILES string of the molecule is [C-]#C.[CH2-][C@H]1O[C@@H](O[C@@H]2C(O)[C@H](N)CC(N)[C@@H]2O[C@@H]2OC(CN)[C@H](O)[C@H](O)C2N)C(O)[C@H]1OC1O[C@@H](CN)C(O)C(O)[C@H]1N.[Y]. The number of hydrogen-bond acceptors (Lipinski definition) is 18. The fourth-order valence-electron chi connectivity index (χ4n) is 5.60. The predicted molar refractivity (Wildman–Crippen MR) is 145 cm³/mol. The Morgan fingerprint density at radius 3 is 1.50 bits per heavy atom. The van der Waals surface area contributed by atoms with Crippen LogP contribution in [0, 0.1) is 19.8 Å². The third-order valence-electron chi connectivity index (χ3n) is 8.19. The predicted octanol–water partition coefficient (Wildman–Crippen LogP) is -7.85. The Bertz CT molecular complexity index is 900. The first-order valence-corrected chi connectivity index (χ1v) is 13.9. The second kappa shape index (κ2) is 17.4. The topological polar surface area (TPSA) is 333 Å². The van der Waals surface area contributed by atoms with Crippen LogP contribution in [0.25, 0.3) is 0 Å². The molecule has 18 N–H and O–H groups in total. The van der Waals surface area contributed by atoms with Crippen LogP contribution >= 0.6 is 0 Å². The van der Waals surface area contributed by atoms with Crippen LogP contribution in [0.1, 0.15) is 6.42 Å². The average molecular weight is 712 g/mol. The summed E-state index contributed by atoms with van der Waals surface area (Å²) in [5.41, 5.74) is 35.6. The maximum Gasteiger partial charge on any atom is 0.184 e. The first-order valence-electron chi connectivity index (χ1n) is 13.9. The summed E-state index contributed by atoms with van der Waals surface area (Å²) in [5.74, 6) is 0. The molecule has 3 heterocycles. The van der Waals surface area contributed by atoms with Gasteiger partial charge < -0.3 is 113 Å². The molecule has 253 valence electrons. The molecule has 44 heavy (non-hydrogen) atoms. The number of aliphatic hydroxyl groups is 6. The van der Waals surface area contributed by atoms with E-state index in [9.17, 15) is 30.6 Å². The van der Waals surface area contributed by atoms with Gasteiger partial charge in [0.2, 0.25) is 0 Å². The summed E-state index contributed by atoms with van der Waals surface area (Å²) >= 11 is 0. The summed E-state index contributed by atoms with van der Waals surface area (Å²) in [5, 5.41) is 62.9. The fourth-order valence-corrected chi connectivity index (χ4v) is 5.60. The summed E-state index contributed by atoms with van der Waals surface area (Å²) in [7, 11) is 0. The van der Waals surface area contributed by atoms with Crippen molar-refractivity contribution in [1.29, 1.82) is 0 Å². The van der Waals surface area contributed by atoms with Gasteiger partial charge in [-0.05, 0) is 12.5 Å². The first-order chi connectivity index (χ1) is 20.3. The second-order valence-electron chi connectivity index (χ2n) is 11.1. The molecule has 4 rings (SSSR count). The number of ether oxygens (including phenoxy) is 6. The van der Waals surface area contributed by atoms with Crippen LogP contribution in [0.3, 0.4) is 0 Å². The summed E-state index contributed by atoms with van der Waals surface area (Å²) < 4.78 is 34.7. The van der Waals surface area contributed by atoms with E-state index >= 15 is 0 Å². The molecule has 4 aliphatic rings. The van der Waals surface area contributed by atoms with Crippen molar-refractivity contribution in [3.8, 4) is 6.42 Å². The van der Waals surface area contributed by atoms with E-state index < -0.39 is 116 Å². The third kappa shape index (κ3) is 8.32. The standard InChI is InChI=1S/C23H45N6O12.C2H.Y/c1-5-18(39-21-10(28)15(33)13(31)8(3-24)37-21)17(35)23(36-5)41-20-12(30)6(26)2-7(27)19(20)40-22-11(29)16(34)14(32)9(4-25)38-22;1-2;/h5-23,30-35H,1-4,24-29H2;1H;/q2*-1;/t5-,6-,7?,8+,9?,10-,11?,12?,13?,14+,15?,16-,17?,18+,19+,20-,21?,22+,23+;;/m1../s1. The van der Waals surface area contributed by atoms with E-state index in [1.165, 1.54) is 0 Å². The smallest absolute Gasteiger partial charge is 0.184 e. The number of rotatable bonds is 8. The van der Waals surface area contributed by atoms with E-state index in [1.807, 2.05) is 0 Å². The zero-order valence-corrected chi connectivity index (χ0v) is 26.9. The van der Waals surface area contributed by atoms with Gasteiger partial charge >= 0.3 is 0 Å². The van der Waals surface area contributed by atoms with Crippen molar-refractivity contribution in [1.82, 2.24) is 0 Å².